The van der Waals surface area contributed by atoms with E-state index in [0.717, 1.165) is 19.4 Å². The Morgan fingerprint density at radius 3 is 2.61 bits per heavy atom. The van der Waals surface area contributed by atoms with E-state index in [1.165, 1.54) is 28.7 Å². The van der Waals surface area contributed by atoms with E-state index < -0.39 is 0 Å². The minimum atomic E-state index is 0.187. The molecule has 2 rings (SSSR count). The molecule has 1 aromatic carbocycles. The van der Waals surface area contributed by atoms with E-state index in [-0.39, 0.29) is 6.04 Å². The Morgan fingerprint density at radius 2 is 2.00 bits per heavy atom. The predicted octanol–water partition coefficient (Wildman–Crippen LogP) is 2.69. The highest BCUT2D eigenvalue weighted by atomic mass is 16.5. The molecule has 2 unspecified atom stereocenters. The normalized spacial score (nSPS) is 21.2. The number of nitrogens with two attached hydrogens (primary N) is 1. The fourth-order valence-corrected chi connectivity index (χ4v) is 2.74. The smallest absolute Gasteiger partial charge is 0.0594 e. The summed E-state index contributed by atoms with van der Waals surface area (Å²) in [5, 5.41) is 0. The van der Waals surface area contributed by atoms with Crippen molar-refractivity contribution < 1.29 is 4.74 Å². The van der Waals surface area contributed by atoms with Gasteiger partial charge in [0.2, 0.25) is 0 Å². The van der Waals surface area contributed by atoms with Crippen molar-refractivity contribution in [3.8, 4) is 0 Å². The topological polar surface area (TPSA) is 47.3 Å². The zero-order valence-electron chi connectivity index (χ0n) is 11.6. The van der Waals surface area contributed by atoms with Gasteiger partial charge in [-0.3, -0.25) is 11.3 Å². The van der Waals surface area contributed by atoms with Gasteiger partial charge in [-0.15, -0.1) is 0 Å². The van der Waals surface area contributed by atoms with Crippen LogP contribution in [0, 0.1) is 20.8 Å². The van der Waals surface area contributed by atoms with Crippen LogP contribution in [0.4, 0.5) is 0 Å². The molecule has 0 amide bonds. The first-order valence-corrected chi connectivity index (χ1v) is 6.77. The number of benzene rings is 1. The Bertz CT molecular complexity index is 411. The molecule has 0 aliphatic carbocycles. The molecule has 1 fully saturated rings. The van der Waals surface area contributed by atoms with Gasteiger partial charge in [0.1, 0.15) is 0 Å². The molecule has 1 saturated heterocycles. The van der Waals surface area contributed by atoms with Crippen molar-refractivity contribution in [2.45, 2.75) is 52.2 Å². The van der Waals surface area contributed by atoms with Gasteiger partial charge in [0.15, 0.2) is 0 Å². The maximum absolute atomic E-state index is 5.73. The molecule has 1 aliphatic rings. The first-order chi connectivity index (χ1) is 8.61. The number of hydrogen-bond acceptors (Lipinski definition) is 3. The quantitative estimate of drug-likeness (QED) is 0.636. The number of hydrazine groups is 1. The summed E-state index contributed by atoms with van der Waals surface area (Å²) in [6.45, 7) is 7.35. The summed E-state index contributed by atoms with van der Waals surface area (Å²) in [6.07, 6.45) is 3.64. The van der Waals surface area contributed by atoms with Crippen LogP contribution in [0.1, 0.15) is 47.6 Å². The zero-order valence-corrected chi connectivity index (χ0v) is 11.6. The number of nitrogens with one attached hydrogen (secondary N) is 1. The summed E-state index contributed by atoms with van der Waals surface area (Å²) >= 11 is 0. The van der Waals surface area contributed by atoms with Crippen molar-refractivity contribution in [1.82, 2.24) is 5.43 Å². The number of aryl methyl sites for hydroxylation is 3. The molecule has 3 heteroatoms. The summed E-state index contributed by atoms with van der Waals surface area (Å²) in [6, 6.07) is 4.68. The monoisotopic (exact) mass is 248 g/mol. The molecule has 1 aromatic rings. The fraction of sp³-hybridized carbons (Fsp3) is 0.600. The Hall–Kier alpha value is -0.900. The number of rotatable bonds is 4. The minimum absolute atomic E-state index is 0.187. The molecule has 2 atom stereocenters. The van der Waals surface area contributed by atoms with Crippen LogP contribution < -0.4 is 11.3 Å². The Labute approximate surface area is 110 Å². The van der Waals surface area contributed by atoms with Crippen molar-refractivity contribution in [3.63, 3.8) is 0 Å². The van der Waals surface area contributed by atoms with Gasteiger partial charge in [0.05, 0.1) is 6.10 Å². The van der Waals surface area contributed by atoms with Crippen LogP contribution >= 0.6 is 0 Å². The zero-order chi connectivity index (χ0) is 13.1. The molecule has 18 heavy (non-hydrogen) atoms. The molecule has 0 spiro atoms. The molecule has 1 aliphatic heterocycles. The van der Waals surface area contributed by atoms with Crippen LogP contribution in [0.15, 0.2) is 12.1 Å². The van der Waals surface area contributed by atoms with Gasteiger partial charge in [0.25, 0.3) is 0 Å². The first-order valence-electron chi connectivity index (χ1n) is 6.77. The standard InChI is InChI=1S/C15H24N2O/c1-10-7-12(3)14(8-11(10)2)15(17-16)9-13-5-4-6-18-13/h7-8,13,15,17H,4-6,9,16H2,1-3H3. The van der Waals surface area contributed by atoms with Gasteiger partial charge in [-0.05, 0) is 62.3 Å². The number of hydrogen-bond donors (Lipinski definition) is 2. The van der Waals surface area contributed by atoms with Crippen LogP contribution in [0.2, 0.25) is 0 Å². The Morgan fingerprint density at radius 1 is 1.28 bits per heavy atom. The van der Waals surface area contributed by atoms with Crippen molar-refractivity contribution in [1.29, 1.82) is 0 Å². The largest absolute Gasteiger partial charge is 0.378 e. The van der Waals surface area contributed by atoms with E-state index >= 15 is 0 Å². The summed E-state index contributed by atoms with van der Waals surface area (Å²) in [5.74, 6) is 5.73. The molecular formula is C15H24N2O. The van der Waals surface area contributed by atoms with Crippen molar-refractivity contribution in [2.24, 2.45) is 5.84 Å². The summed E-state index contributed by atoms with van der Waals surface area (Å²) in [7, 11) is 0. The van der Waals surface area contributed by atoms with Crippen LogP contribution in [0.5, 0.6) is 0 Å². The van der Waals surface area contributed by atoms with Gasteiger partial charge >= 0.3 is 0 Å². The van der Waals surface area contributed by atoms with E-state index in [1.807, 2.05) is 0 Å². The number of ether oxygens (including phenoxy) is 1. The van der Waals surface area contributed by atoms with E-state index in [9.17, 15) is 0 Å². The van der Waals surface area contributed by atoms with Gasteiger partial charge in [-0.25, -0.2) is 0 Å². The Balaban J connectivity index is 2.18. The lowest BCUT2D eigenvalue weighted by molar-refractivity contribution is 0.0945. The van der Waals surface area contributed by atoms with Crippen molar-refractivity contribution in [2.75, 3.05) is 6.61 Å². The maximum Gasteiger partial charge on any atom is 0.0594 e. The van der Waals surface area contributed by atoms with Crippen LogP contribution in [0.25, 0.3) is 0 Å². The highest BCUT2D eigenvalue weighted by Crippen LogP contribution is 2.28. The molecule has 1 heterocycles. The average Bonchev–Trinajstić information content (AvgIpc) is 2.84. The van der Waals surface area contributed by atoms with Crippen molar-refractivity contribution in [3.05, 3.63) is 34.4 Å². The highest BCUT2D eigenvalue weighted by Gasteiger charge is 2.22. The third-order valence-corrected chi connectivity index (χ3v) is 3.98. The molecule has 100 valence electrons. The van der Waals surface area contributed by atoms with E-state index in [2.05, 4.69) is 38.3 Å². The summed E-state index contributed by atoms with van der Waals surface area (Å²) < 4.78 is 5.71. The van der Waals surface area contributed by atoms with E-state index in [0.29, 0.717) is 6.10 Å². The summed E-state index contributed by atoms with van der Waals surface area (Å²) in [4.78, 5) is 0. The predicted molar refractivity (Wildman–Crippen MR) is 74.3 cm³/mol. The maximum atomic E-state index is 5.73. The molecule has 0 radical (unpaired) electrons. The molecular weight excluding hydrogens is 224 g/mol. The Kier molecular flexibility index (Phi) is 4.38. The summed E-state index contributed by atoms with van der Waals surface area (Å²) in [5.41, 5.74) is 8.22. The minimum Gasteiger partial charge on any atom is -0.378 e. The SMILES string of the molecule is Cc1cc(C)c(C(CC2CCCO2)NN)cc1C. The molecule has 3 nitrogen and oxygen atoms in total. The van der Waals surface area contributed by atoms with Crippen LogP contribution in [0.3, 0.4) is 0 Å². The lowest BCUT2D eigenvalue weighted by Gasteiger charge is -2.22. The van der Waals surface area contributed by atoms with Gasteiger partial charge < -0.3 is 4.74 Å². The second-order valence-electron chi connectivity index (χ2n) is 5.38. The average molecular weight is 248 g/mol. The second kappa shape index (κ2) is 5.83. The van der Waals surface area contributed by atoms with Crippen LogP contribution in [-0.4, -0.2) is 12.7 Å². The second-order valence-corrected chi connectivity index (χ2v) is 5.38. The van der Waals surface area contributed by atoms with E-state index in [1.54, 1.807) is 0 Å². The molecule has 0 bridgehead atoms. The van der Waals surface area contributed by atoms with Gasteiger partial charge in [0, 0.05) is 12.6 Å². The molecule has 3 N–H and O–H groups in total. The van der Waals surface area contributed by atoms with Gasteiger partial charge in [-0.2, -0.15) is 0 Å². The van der Waals surface area contributed by atoms with E-state index in [4.69, 9.17) is 10.6 Å². The van der Waals surface area contributed by atoms with Crippen LogP contribution in [-0.2, 0) is 4.74 Å². The highest BCUT2D eigenvalue weighted by molar-refractivity contribution is 5.38. The molecule has 0 saturated carbocycles. The first kappa shape index (κ1) is 13.5. The fourth-order valence-electron chi connectivity index (χ4n) is 2.74. The lowest BCUT2D eigenvalue weighted by Crippen LogP contribution is -2.31. The van der Waals surface area contributed by atoms with Crippen molar-refractivity contribution >= 4 is 0 Å². The third kappa shape index (κ3) is 2.91. The lowest BCUT2D eigenvalue weighted by atomic mass is 9.92. The van der Waals surface area contributed by atoms with Gasteiger partial charge in [-0.1, -0.05) is 12.1 Å². The molecule has 0 aromatic heterocycles. The third-order valence-electron chi connectivity index (χ3n) is 3.98.